The monoisotopic (exact) mass is 306 g/mol. The molecule has 0 aliphatic heterocycles. The number of alkyl carbamates (subject to hydrolysis) is 1. The highest BCUT2D eigenvalue weighted by Gasteiger charge is 2.19. The van der Waals surface area contributed by atoms with E-state index in [1.54, 1.807) is 11.3 Å². The molecule has 21 heavy (non-hydrogen) atoms. The quantitative estimate of drug-likeness (QED) is 0.911. The molecule has 1 aromatic heterocycles. The Hall–Kier alpha value is -1.59. The number of carbonyl (C=O) groups is 1. The number of thiophene rings is 1. The molecule has 114 valence electrons. The Morgan fingerprint density at radius 1 is 1.38 bits per heavy atom. The van der Waals surface area contributed by atoms with E-state index >= 15 is 0 Å². The first kappa shape index (κ1) is 15.8. The van der Waals surface area contributed by atoms with Gasteiger partial charge in [0.25, 0.3) is 0 Å². The highest BCUT2D eigenvalue weighted by Crippen LogP contribution is 2.26. The summed E-state index contributed by atoms with van der Waals surface area (Å²) in [5.74, 6) is 0. The number of fused-ring (bicyclic) bond motifs is 1. The normalized spacial score (nSPS) is 13.1. The zero-order valence-electron chi connectivity index (χ0n) is 12.7. The largest absolute Gasteiger partial charge is 0.444 e. The van der Waals surface area contributed by atoms with Crippen LogP contribution in [0.25, 0.3) is 10.1 Å². The van der Waals surface area contributed by atoms with Gasteiger partial charge in [-0.1, -0.05) is 18.2 Å². The zero-order valence-corrected chi connectivity index (χ0v) is 13.5. The molecule has 1 amide bonds. The fourth-order valence-corrected chi connectivity index (χ4v) is 3.10. The highest BCUT2D eigenvalue weighted by molar-refractivity contribution is 7.17. The van der Waals surface area contributed by atoms with Crippen LogP contribution < -0.4 is 11.1 Å². The van der Waals surface area contributed by atoms with Gasteiger partial charge in [-0.25, -0.2) is 4.79 Å². The van der Waals surface area contributed by atoms with Crippen LogP contribution in [0.3, 0.4) is 0 Å². The van der Waals surface area contributed by atoms with Crippen molar-refractivity contribution in [1.82, 2.24) is 5.32 Å². The van der Waals surface area contributed by atoms with E-state index in [4.69, 9.17) is 10.5 Å². The van der Waals surface area contributed by atoms with E-state index < -0.39 is 11.7 Å². The number of hydrogen-bond donors (Lipinski definition) is 2. The van der Waals surface area contributed by atoms with Gasteiger partial charge in [-0.15, -0.1) is 11.3 Å². The second-order valence-corrected chi connectivity index (χ2v) is 6.95. The lowest BCUT2D eigenvalue weighted by atomic mass is 10.1. The fraction of sp³-hybridized carbons (Fsp3) is 0.438. The molecule has 0 radical (unpaired) electrons. The summed E-state index contributed by atoms with van der Waals surface area (Å²) in [7, 11) is 0. The number of rotatable bonds is 4. The summed E-state index contributed by atoms with van der Waals surface area (Å²) in [6.45, 7) is 5.91. The summed E-state index contributed by atoms with van der Waals surface area (Å²) in [5.41, 5.74) is 6.49. The molecular weight excluding hydrogens is 284 g/mol. The van der Waals surface area contributed by atoms with E-state index in [2.05, 4.69) is 22.8 Å². The van der Waals surface area contributed by atoms with Crippen LogP contribution in [-0.4, -0.2) is 24.3 Å². The molecule has 4 nitrogen and oxygen atoms in total. The topological polar surface area (TPSA) is 64.3 Å². The molecule has 2 rings (SSSR count). The number of carbonyl (C=O) groups excluding carboxylic acids is 1. The second kappa shape index (κ2) is 6.45. The predicted molar refractivity (Wildman–Crippen MR) is 87.7 cm³/mol. The molecule has 1 unspecified atom stereocenters. The van der Waals surface area contributed by atoms with Gasteiger partial charge >= 0.3 is 6.09 Å². The summed E-state index contributed by atoms with van der Waals surface area (Å²) in [4.78, 5) is 11.8. The van der Waals surface area contributed by atoms with Crippen molar-refractivity contribution in [2.24, 2.45) is 5.73 Å². The Labute approximate surface area is 129 Å². The number of hydrogen-bond acceptors (Lipinski definition) is 4. The maximum Gasteiger partial charge on any atom is 0.407 e. The first-order chi connectivity index (χ1) is 9.89. The Balaban J connectivity index is 2.04. The first-order valence-corrected chi connectivity index (χ1v) is 7.91. The molecule has 0 bridgehead atoms. The van der Waals surface area contributed by atoms with E-state index in [1.165, 1.54) is 15.6 Å². The van der Waals surface area contributed by atoms with Crippen LogP contribution in [-0.2, 0) is 11.2 Å². The zero-order chi connectivity index (χ0) is 15.5. The smallest absolute Gasteiger partial charge is 0.407 e. The van der Waals surface area contributed by atoms with Crippen molar-refractivity contribution in [3.05, 3.63) is 35.2 Å². The summed E-state index contributed by atoms with van der Waals surface area (Å²) in [6, 6.07) is 8.13. The van der Waals surface area contributed by atoms with Gasteiger partial charge in [-0.05, 0) is 49.6 Å². The standard InChI is InChI=1S/C16H22N2O2S/c1-16(2,3)20-15(19)18-12(9-17)8-11-10-21-14-7-5-4-6-13(11)14/h4-7,10,12H,8-9,17H2,1-3H3,(H,18,19). The minimum atomic E-state index is -0.502. The number of ether oxygens (including phenoxy) is 1. The minimum Gasteiger partial charge on any atom is -0.444 e. The summed E-state index contributed by atoms with van der Waals surface area (Å²) >= 11 is 1.71. The number of nitrogens with one attached hydrogen (secondary N) is 1. The van der Waals surface area contributed by atoms with E-state index in [0.717, 1.165) is 0 Å². The number of benzene rings is 1. The van der Waals surface area contributed by atoms with E-state index in [0.29, 0.717) is 13.0 Å². The van der Waals surface area contributed by atoms with Gasteiger partial charge in [-0.3, -0.25) is 0 Å². The molecule has 0 aliphatic rings. The lowest BCUT2D eigenvalue weighted by Gasteiger charge is -2.23. The molecule has 1 heterocycles. The van der Waals surface area contributed by atoms with Crippen molar-refractivity contribution in [3.63, 3.8) is 0 Å². The molecule has 3 N–H and O–H groups in total. The van der Waals surface area contributed by atoms with E-state index in [9.17, 15) is 4.79 Å². The van der Waals surface area contributed by atoms with Crippen LogP contribution in [0.15, 0.2) is 29.6 Å². The van der Waals surface area contributed by atoms with Crippen molar-refractivity contribution >= 4 is 27.5 Å². The molecule has 0 saturated heterocycles. The van der Waals surface area contributed by atoms with Gasteiger partial charge < -0.3 is 15.8 Å². The van der Waals surface area contributed by atoms with Crippen molar-refractivity contribution in [2.45, 2.75) is 38.8 Å². The average molecular weight is 306 g/mol. The van der Waals surface area contributed by atoms with Crippen LogP contribution >= 0.6 is 11.3 Å². The Morgan fingerprint density at radius 2 is 2.10 bits per heavy atom. The predicted octanol–water partition coefficient (Wildman–Crippen LogP) is 3.30. The Kier molecular flexibility index (Phi) is 4.85. The lowest BCUT2D eigenvalue weighted by molar-refractivity contribution is 0.0506. The van der Waals surface area contributed by atoms with Gasteiger partial charge in [0, 0.05) is 17.3 Å². The molecule has 5 heteroatoms. The Morgan fingerprint density at radius 3 is 2.76 bits per heavy atom. The lowest BCUT2D eigenvalue weighted by Crippen LogP contribution is -2.44. The van der Waals surface area contributed by atoms with Crippen LogP contribution in [0.2, 0.25) is 0 Å². The van der Waals surface area contributed by atoms with E-state index in [1.807, 2.05) is 32.9 Å². The van der Waals surface area contributed by atoms with Crippen molar-refractivity contribution in [3.8, 4) is 0 Å². The van der Waals surface area contributed by atoms with Gasteiger partial charge in [0.1, 0.15) is 5.60 Å². The van der Waals surface area contributed by atoms with Gasteiger partial charge in [0.05, 0.1) is 0 Å². The third-order valence-corrected chi connectivity index (χ3v) is 4.05. The number of nitrogens with two attached hydrogens (primary N) is 1. The average Bonchev–Trinajstić information content (AvgIpc) is 2.79. The SMILES string of the molecule is CC(C)(C)OC(=O)NC(CN)Cc1csc2ccccc12. The molecule has 1 atom stereocenters. The summed E-state index contributed by atoms with van der Waals surface area (Å²) in [5, 5.41) is 6.20. The van der Waals surface area contributed by atoms with Crippen LogP contribution in [0.5, 0.6) is 0 Å². The molecule has 0 fully saturated rings. The number of amides is 1. The summed E-state index contributed by atoms with van der Waals surface area (Å²) in [6.07, 6.45) is 0.289. The second-order valence-electron chi connectivity index (χ2n) is 6.04. The maximum atomic E-state index is 11.8. The molecule has 2 aromatic rings. The third-order valence-electron chi connectivity index (χ3n) is 3.03. The first-order valence-electron chi connectivity index (χ1n) is 7.04. The Bertz CT molecular complexity index is 616. The van der Waals surface area contributed by atoms with Gasteiger partial charge in [0.2, 0.25) is 0 Å². The van der Waals surface area contributed by atoms with E-state index in [-0.39, 0.29) is 6.04 Å². The van der Waals surface area contributed by atoms with Crippen molar-refractivity contribution in [1.29, 1.82) is 0 Å². The van der Waals surface area contributed by atoms with Gasteiger partial charge in [-0.2, -0.15) is 0 Å². The van der Waals surface area contributed by atoms with Gasteiger partial charge in [0.15, 0.2) is 0 Å². The molecular formula is C16H22N2O2S. The molecule has 0 aliphatic carbocycles. The third kappa shape index (κ3) is 4.44. The molecule has 0 saturated carbocycles. The van der Waals surface area contributed by atoms with Crippen molar-refractivity contribution < 1.29 is 9.53 Å². The molecule has 0 spiro atoms. The van der Waals surface area contributed by atoms with Crippen LogP contribution in [0.1, 0.15) is 26.3 Å². The maximum absolute atomic E-state index is 11.8. The fourth-order valence-electron chi connectivity index (χ4n) is 2.12. The highest BCUT2D eigenvalue weighted by atomic mass is 32.1. The van der Waals surface area contributed by atoms with Crippen LogP contribution in [0, 0.1) is 0 Å². The summed E-state index contributed by atoms with van der Waals surface area (Å²) < 4.78 is 6.52. The molecule has 1 aromatic carbocycles. The minimum absolute atomic E-state index is 0.127. The van der Waals surface area contributed by atoms with Crippen molar-refractivity contribution in [2.75, 3.05) is 6.54 Å². The van der Waals surface area contributed by atoms with Crippen LogP contribution in [0.4, 0.5) is 4.79 Å².